The Bertz CT molecular complexity index is 410. The third kappa shape index (κ3) is 3.75. The average molecular weight is 327 g/mol. The van der Waals surface area contributed by atoms with Crippen molar-refractivity contribution in [2.24, 2.45) is 5.73 Å². The van der Waals surface area contributed by atoms with Crippen LogP contribution in [-0.4, -0.2) is 54.6 Å². The lowest BCUT2D eigenvalue weighted by atomic mass is 10.00. The Kier molecular flexibility index (Phi) is 5.33. The van der Waals surface area contributed by atoms with Gasteiger partial charge in [-0.05, 0) is 61.0 Å². The maximum absolute atomic E-state index is 6.01. The van der Waals surface area contributed by atoms with Gasteiger partial charge in [0.1, 0.15) is 0 Å². The number of nitrogens with two attached hydrogens (primary N) is 1. The number of likely N-dealkylation sites (N-methyl/N-ethyl adjacent to an activating group) is 1. The number of aromatic nitrogens is 1. The van der Waals surface area contributed by atoms with Crippen LogP contribution in [0.4, 0.5) is 0 Å². The van der Waals surface area contributed by atoms with Gasteiger partial charge in [-0.3, -0.25) is 9.88 Å². The van der Waals surface area contributed by atoms with E-state index >= 15 is 0 Å². The Morgan fingerprint density at radius 2 is 2.32 bits per heavy atom. The van der Waals surface area contributed by atoms with Crippen LogP contribution < -0.4 is 5.73 Å². The van der Waals surface area contributed by atoms with Gasteiger partial charge in [0.25, 0.3) is 0 Å². The molecule has 106 valence electrons. The van der Waals surface area contributed by atoms with Gasteiger partial charge >= 0.3 is 0 Å². The molecule has 1 aromatic rings. The van der Waals surface area contributed by atoms with Crippen molar-refractivity contribution in [3.63, 3.8) is 0 Å². The molecule has 1 aromatic heterocycles. The molecule has 1 fully saturated rings. The van der Waals surface area contributed by atoms with Crippen molar-refractivity contribution >= 4 is 15.9 Å². The van der Waals surface area contributed by atoms with Crippen molar-refractivity contribution in [3.05, 3.63) is 28.5 Å². The van der Waals surface area contributed by atoms with E-state index in [0.29, 0.717) is 12.6 Å². The highest BCUT2D eigenvalue weighted by molar-refractivity contribution is 9.10. The van der Waals surface area contributed by atoms with E-state index in [4.69, 9.17) is 5.73 Å². The molecule has 1 saturated heterocycles. The van der Waals surface area contributed by atoms with Crippen LogP contribution in [0.3, 0.4) is 0 Å². The fraction of sp³-hybridized carbons (Fsp3) is 0.643. The van der Waals surface area contributed by atoms with Crippen molar-refractivity contribution in [3.8, 4) is 0 Å². The molecule has 2 rings (SSSR count). The summed E-state index contributed by atoms with van der Waals surface area (Å²) >= 11 is 3.49. The molecule has 2 unspecified atom stereocenters. The van der Waals surface area contributed by atoms with Crippen LogP contribution in [-0.2, 0) is 0 Å². The summed E-state index contributed by atoms with van der Waals surface area (Å²) in [6.45, 7) is 2.85. The van der Waals surface area contributed by atoms with Crippen LogP contribution in [0.5, 0.6) is 0 Å². The zero-order chi connectivity index (χ0) is 13.8. The molecular weight excluding hydrogens is 304 g/mol. The largest absolute Gasteiger partial charge is 0.329 e. The Morgan fingerprint density at radius 1 is 1.53 bits per heavy atom. The maximum Gasteiger partial charge on any atom is 0.0486 e. The van der Waals surface area contributed by atoms with E-state index in [1.807, 2.05) is 12.4 Å². The number of rotatable bonds is 4. The molecule has 4 nitrogen and oxygen atoms in total. The number of likely N-dealkylation sites (tertiary alicyclic amines) is 1. The van der Waals surface area contributed by atoms with Crippen molar-refractivity contribution in [2.45, 2.75) is 24.9 Å². The van der Waals surface area contributed by atoms with E-state index in [-0.39, 0.29) is 6.04 Å². The van der Waals surface area contributed by atoms with Gasteiger partial charge in [-0.15, -0.1) is 0 Å². The molecule has 0 aromatic carbocycles. The number of pyridine rings is 1. The summed E-state index contributed by atoms with van der Waals surface area (Å²) in [6, 6.07) is 3.03. The van der Waals surface area contributed by atoms with E-state index in [9.17, 15) is 0 Å². The Hall–Kier alpha value is -0.490. The van der Waals surface area contributed by atoms with E-state index in [2.05, 4.69) is 50.9 Å². The van der Waals surface area contributed by atoms with Crippen molar-refractivity contribution in [2.75, 3.05) is 33.7 Å². The molecule has 0 saturated carbocycles. The monoisotopic (exact) mass is 326 g/mol. The van der Waals surface area contributed by atoms with E-state index in [0.717, 1.165) is 17.6 Å². The summed E-state index contributed by atoms with van der Waals surface area (Å²) in [5.74, 6) is 0. The Labute approximate surface area is 124 Å². The minimum Gasteiger partial charge on any atom is -0.329 e. The molecule has 0 spiro atoms. The van der Waals surface area contributed by atoms with E-state index in [1.165, 1.54) is 18.4 Å². The first kappa shape index (κ1) is 14.9. The Balaban J connectivity index is 2.13. The summed E-state index contributed by atoms with van der Waals surface area (Å²) < 4.78 is 1.02. The van der Waals surface area contributed by atoms with Crippen molar-refractivity contribution < 1.29 is 0 Å². The lowest BCUT2D eigenvalue weighted by Crippen LogP contribution is -2.47. The molecule has 1 aliphatic heterocycles. The zero-order valence-corrected chi connectivity index (χ0v) is 13.3. The molecule has 5 heteroatoms. The number of hydrogen-bond acceptors (Lipinski definition) is 4. The second kappa shape index (κ2) is 6.79. The molecule has 19 heavy (non-hydrogen) atoms. The molecule has 0 bridgehead atoms. The maximum atomic E-state index is 6.01. The minimum atomic E-state index is 0.271. The van der Waals surface area contributed by atoms with Gasteiger partial charge in [-0.2, -0.15) is 0 Å². The SMILES string of the molecule is CN(C)C1CCCN(C(CN)c2cncc(Br)c2)C1. The predicted molar refractivity (Wildman–Crippen MR) is 82.0 cm³/mol. The third-order valence-corrected chi connectivity index (χ3v) is 4.37. The van der Waals surface area contributed by atoms with Crippen LogP contribution >= 0.6 is 15.9 Å². The summed E-state index contributed by atoms with van der Waals surface area (Å²) in [5, 5.41) is 0. The molecular formula is C14H23BrN4. The van der Waals surface area contributed by atoms with Gasteiger partial charge in [0.2, 0.25) is 0 Å². The highest BCUT2D eigenvalue weighted by atomic mass is 79.9. The van der Waals surface area contributed by atoms with Gasteiger partial charge in [0.05, 0.1) is 0 Å². The smallest absolute Gasteiger partial charge is 0.0486 e. The standard InChI is InChI=1S/C14H23BrN4/c1-18(2)13-4-3-5-19(10-13)14(7-16)11-6-12(15)9-17-8-11/h6,8-9,13-14H,3-5,7,10,16H2,1-2H3. The summed E-state index contributed by atoms with van der Waals surface area (Å²) in [6.07, 6.45) is 6.26. The number of hydrogen-bond donors (Lipinski definition) is 1. The fourth-order valence-corrected chi connectivity index (χ4v) is 3.18. The number of halogens is 1. The van der Waals surface area contributed by atoms with Gasteiger partial charge < -0.3 is 10.6 Å². The molecule has 2 atom stereocenters. The summed E-state index contributed by atoms with van der Waals surface area (Å²) in [7, 11) is 4.32. The lowest BCUT2D eigenvalue weighted by molar-refractivity contribution is 0.0983. The number of piperidine rings is 1. The summed E-state index contributed by atoms with van der Waals surface area (Å²) in [4.78, 5) is 9.08. The molecule has 2 heterocycles. The van der Waals surface area contributed by atoms with E-state index in [1.54, 1.807) is 0 Å². The second-order valence-corrected chi connectivity index (χ2v) is 6.36. The zero-order valence-electron chi connectivity index (χ0n) is 11.7. The highest BCUT2D eigenvalue weighted by Gasteiger charge is 2.27. The first-order valence-corrected chi connectivity index (χ1v) is 7.62. The molecule has 2 N–H and O–H groups in total. The van der Waals surface area contributed by atoms with Crippen LogP contribution in [0.15, 0.2) is 22.9 Å². The quantitative estimate of drug-likeness (QED) is 0.917. The number of nitrogens with zero attached hydrogens (tertiary/aromatic N) is 3. The molecule has 1 aliphatic rings. The topological polar surface area (TPSA) is 45.4 Å². The van der Waals surface area contributed by atoms with Crippen molar-refractivity contribution in [1.82, 2.24) is 14.8 Å². The van der Waals surface area contributed by atoms with Gasteiger partial charge in [-0.25, -0.2) is 0 Å². The van der Waals surface area contributed by atoms with Gasteiger partial charge in [0, 0.05) is 42.0 Å². The predicted octanol–water partition coefficient (Wildman–Crippen LogP) is 1.87. The Morgan fingerprint density at radius 3 is 2.95 bits per heavy atom. The van der Waals surface area contributed by atoms with Crippen LogP contribution in [0.2, 0.25) is 0 Å². The van der Waals surface area contributed by atoms with Crippen LogP contribution in [0.1, 0.15) is 24.4 Å². The molecule has 0 aliphatic carbocycles. The van der Waals surface area contributed by atoms with Crippen LogP contribution in [0.25, 0.3) is 0 Å². The lowest BCUT2D eigenvalue weighted by Gasteiger charge is -2.40. The summed E-state index contributed by atoms with van der Waals surface area (Å²) in [5.41, 5.74) is 7.21. The molecule has 0 radical (unpaired) electrons. The average Bonchev–Trinajstić information content (AvgIpc) is 2.40. The minimum absolute atomic E-state index is 0.271. The van der Waals surface area contributed by atoms with Gasteiger partial charge in [0.15, 0.2) is 0 Å². The first-order valence-electron chi connectivity index (χ1n) is 6.83. The van der Waals surface area contributed by atoms with Crippen LogP contribution in [0, 0.1) is 0 Å². The van der Waals surface area contributed by atoms with Gasteiger partial charge in [-0.1, -0.05) is 0 Å². The third-order valence-electron chi connectivity index (χ3n) is 3.93. The molecule has 0 amide bonds. The fourth-order valence-electron chi connectivity index (χ4n) is 2.79. The van der Waals surface area contributed by atoms with E-state index < -0.39 is 0 Å². The first-order chi connectivity index (χ1) is 9.11. The normalized spacial score (nSPS) is 22.7. The van der Waals surface area contributed by atoms with Crippen molar-refractivity contribution in [1.29, 1.82) is 0 Å². The second-order valence-electron chi connectivity index (χ2n) is 5.44. The highest BCUT2D eigenvalue weighted by Crippen LogP contribution is 2.26.